The van der Waals surface area contributed by atoms with Crippen LogP contribution in [0.25, 0.3) is 0 Å². The summed E-state index contributed by atoms with van der Waals surface area (Å²) in [7, 11) is 0. The lowest BCUT2D eigenvalue weighted by atomic mass is 10.1. The Morgan fingerprint density at radius 1 is 1.40 bits per heavy atom. The van der Waals surface area contributed by atoms with Crippen LogP contribution < -0.4 is 0 Å². The second-order valence-corrected chi connectivity index (χ2v) is 2.71. The SMILES string of the molecule is N#CC1=NCC2=C1CCC2. The van der Waals surface area contributed by atoms with Gasteiger partial charge in [-0.3, -0.25) is 4.99 Å². The average molecular weight is 132 g/mol. The first-order chi connectivity index (χ1) is 4.92. The highest BCUT2D eigenvalue weighted by atomic mass is 14.8. The van der Waals surface area contributed by atoms with Crippen LogP contribution in [0.15, 0.2) is 16.1 Å². The average Bonchev–Trinajstić information content (AvgIpc) is 2.44. The van der Waals surface area contributed by atoms with Crippen molar-refractivity contribution in [2.24, 2.45) is 4.99 Å². The summed E-state index contributed by atoms with van der Waals surface area (Å²) in [6.07, 6.45) is 3.48. The van der Waals surface area contributed by atoms with Gasteiger partial charge in [0.05, 0.1) is 6.54 Å². The van der Waals surface area contributed by atoms with Gasteiger partial charge in [-0.1, -0.05) is 0 Å². The standard InChI is InChI=1S/C8H8N2/c9-4-8-7-3-1-2-6(7)5-10-8/h1-3,5H2. The van der Waals surface area contributed by atoms with Gasteiger partial charge in [0.25, 0.3) is 0 Å². The van der Waals surface area contributed by atoms with Crippen molar-refractivity contribution in [1.29, 1.82) is 5.26 Å². The van der Waals surface area contributed by atoms with Crippen molar-refractivity contribution in [1.82, 2.24) is 0 Å². The van der Waals surface area contributed by atoms with Crippen LogP contribution in [-0.4, -0.2) is 12.3 Å². The maximum atomic E-state index is 8.60. The molecule has 0 aromatic rings. The smallest absolute Gasteiger partial charge is 0.138 e. The Balaban J connectivity index is 2.36. The van der Waals surface area contributed by atoms with Gasteiger partial charge in [-0.25, -0.2) is 0 Å². The predicted octanol–water partition coefficient (Wildman–Crippen LogP) is 1.45. The highest BCUT2D eigenvalue weighted by Gasteiger charge is 2.22. The van der Waals surface area contributed by atoms with Crippen LogP contribution in [0.5, 0.6) is 0 Å². The number of rotatable bonds is 0. The number of allylic oxidation sites excluding steroid dienone is 1. The van der Waals surface area contributed by atoms with Crippen LogP contribution in [0.2, 0.25) is 0 Å². The molecule has 2 rings (SSSR count). The molecule has 0 spiro atoms. The third-order valence-electron chi connectivity index (χ3n) is 2.15. The topological polar surface area (TPSA) is 36.1 Å². The summed E-state index contributed by atoms with van der Waals surface area (Å²) in [6.45, 7) is 0.804. The van der Waals surface area contributed by atoms with E-state index in [1.54, 1.807) is 0 Å². The Morgan fingerprint density at radius 3 is 3.10 bits per heavy atom. The minimum absolute atomic E-state index is 0.701. The summed E-state index contributed by atoms with van der Waals surface area (Å²) in [4.78, 5) is 4.12. The Hall–Kier alpha value is -1.10. The molecule has 0 fully saturated rings. The quantitative estimate of drug-likeness (QED) is 0.491. The zero-order valence-corrected chi connectivity index (χ0v) is 5.72. The Morgan fingerprint density at radius 2 is 2.30 bits per heavy atom. The molecule has 1 heterocycles. The molecule has 0 unspecified atom stereocenters. The van der Waals surface area contributed by atoms with Crippen molar-refractivity contribution in [3.8, 4) is 6.07 Å². The molecule has 50 valence electrons. The van der Waals surface area contributed by atoms with Crippen LogP contribution in [-0.2, 0) is 0 Å². The molecule has 0 N–H and O–H groups in total. The number of hydrogen-bond acceptors (Lipinski definition) is 2. The van der Waals surface area contributed by atoms with E-state index in [1.165, 1.54) is 24.0 Å². The summed E-state index contributed by atoms with van der Waals surface area (Å²) >= 11 is 0. The summed E-state index contributed by atoms with van der Waals surface area (Å²) in [5.41, 5.74) is 3.37. The number of hydrogen-bond donors (Lipinski definition) is 0. The van der Waals surface area contributed by atoms with Gasteiger partial charge >= 0.3 is 0 Å². The Kier molecular flexibility index (Phi) is 1.10. The van der Waals surface area contributed by atoms with E-state index in [1.807, 2.05) is 0 Å². The zero-order chi connectivity index (χ0) is 6.97. The van der Waals surface area contributed by atoms with Crippen molar-refractivity contribution in [2.45, 2.75) is 19.3 Å². The molecule has 0 bridgehead atoms. The van der Waals surface area contributed by atoms with E-state index >= 15 is 0 Å². The van der Waals surface area contributed by atoms with Crippen LogP contribution in [0.1, 0.15) is 19.3 Å². The zero-order valence-electron chi connectivity index (χ0n) is 5.72. The molecule has 0 saturated heterocycles. The molecular weight excluding hydrogens is 124 g/mol. The first kappa shape index (κ1) is 5.67. The fraction of sp³-hybridized carbons (Fsp3) is 0.500. The summed E-state index contributed by atoms with van der Waals surface area (Å²) in [5.74, 6) is 0. The first-order valence-corrected chi connectivity index (χ1v) is 3.57. The number of nitriles is 1. The van der Waals surface area contributed by atoms with Crippen LogP contribution in [0.4, 0.5) is 0 Å². The molecule has 0 atom stereocenters. The van der Waals surface area contributed by atoms with Gasteiger partial charge in [0.15, 0.2) is 0 Å². The summed E-state index contributed by atoms with van der Waals surface area (Å²) < 4.78 is 0. The Bertz CT molecular complexity index is 265. The molecule has 1 aliphatic carbocycles. The largest absolute Gasteiger partial charge is 0.270 e. The van der Waals surface area contributed by atoms with Crippen molar-refractivity contribution in [2.75, 3.05) is 6.54 Å². The minimum Gasteiger partial charge on any atom is -0.270 e. The molecule has 0 aromatic carbocycles. The molecule has 2 heteroatoms. The second-order valence-electron chi connectivity index (χ2n) is 2.71. The lowest BCUT2D eigenvalue weighted by Gasteiger charge is -1.89. The molecule has 2 aliphatic rings. The van der Waals surface area contributed by atoms with Crippen LogP contribution in [0, 0.1) is 11.3 Å². The number of nitrogens with zero attached hydrogens (tertiary/aromatic N) is 2. The monoisotopic (exact) mass is 132 g/mol. The normalized spacial score (nSPS) is 22.5. The molecule has 0 radical (unpaired) electrons. The lowest BCUT2D eigenvalue weighted by Crippen LogP contribution is -1.92. The number of aliphatic imine (C=N–C) groups is 1. The molecule has 2 nitrogen and oxygen atoms in total. The van der Waals surface area contributed by atoms with Crippen LogP contribution in [0.3, 0.4) is 0 Å². The van der Waals surface area contributed by atoms with E-state index in [2.05, 4.69) is 11.1 Å². The predicted molar refractivity (Wildman–Crippen MR) is 38.8 cm³/mol. The van der Waals surface area contributed by atoms with Crippen molar-refractivity contribution < 1.29 is 0 Å². The van der Waals surface area contributed by atoms with E-state index in [0.29, 0.717) is 5.71 Å². The highest BCUT2D eigenvalue weighted by molar-refractivity contribution is 6.13. The van der Waals surface area contributed by atoms with E-state index in [0.717, 1.165) is 13.0 Å². The molecular formula is C8H8N2. The van der Waals surface area contributed by atoms with Crippen LogP contribution >= 0.6 is 0 Å². The fourth-order valence-electron chi connectivity index (χ4n) is 1.64. The van der Waals surface area contributed by atoms with Crippen molar-refractivity contribution >= 4 is 5.71 Å². The third-order valence-corrected chi connectivity index (χ3v) is 2.15. The molecule has 0 amide bonds. The van der Waals surface area contributed by atoms with E-state index in [-0.39, 0.29) is 0 Å². The molecule has 10 heavy (non-hydrogen) atoms. The van der Waals surface area contributed by atoms with Gasteiger partial charge in [-0.2, -0.15) is 5.26 Å². The van der Waals surface area contributed by atoms with Crippen molar-refractivity contribution in [3.63, 3.8) is 0 Å². The van der Waals surface area contributed by atoms with E-state index < -0.39 is 0 Å². The van der Waals surface area contributed by atoms with Gasteiger partial charge in [0.2, 0.25) is 0 Å². The summed E-state index contributed by atoms with van der Waals surface area (Å²) in [5, 5.41) is 8.60. The maximum Gasteiger partial charge on any atom is 0.138 e. The van der Waals surface area contributed by atoms with Gasteiger partial charge in [0.1, 0.15) is 11.8 Å². The maximum absolute atomic E-state index is 8.60. The molecule has 1 aliphatic heterocycles. The molecule has 0 saturated carbocycles. The minimum atomic E-state index is 0.701. The van der Waals surface area contributed by atoms with Gasteiger partial charge in [0, 0.05) is 0 Å². The van der Waals surface area contributed by atoms with E-state index in [4.69, 9.17) is 5.26 Å². The first-order valence-electron chi connectivity index (χ1n) is 3.57. The highest BCUT2D eigenvalue weighted by Crippen LogP contribution is 2.30. The Labute approximate surface area is 59.9 Å². The van der Waals surface area contributed by atoms with Gasteiger partial charge < -0.3 is 0 Å². The van der Waals surface area contributed by atoms with Crippen molar-refractivity contribution in [3.05, 3.63) is 11.1 Å². The van der Waals surface area contributed by atoms with Gasteiger partial charge in [-0.15, -0.1) is 0 Å². The fourth-order valence-corrected chi connectivity index (χ4v) is 1.64. The third kappa shape index (κ3) is 0.607. The van der Waals surface area contributed by atoms with E-state index in [9.17, 15) is 0 Å². The summed E-state index contributed by atoms with van der Waals surface area (Å²) in [6, 6.07) is 2.13. The second kappa shape index (κ2) is 1.95. The molecule has 0 aromatic heterocycles. The lowest BCUT2D eigenvalue weighted by molar-refractivity contribution is 0.880. The van der Waals surface area contributed by atoms with Gasteiger partial charge in [-0.05, 0) is 30.4 Å².